The van der Waals surface area contributed by atoms with Crippen LogP contribution in [0, 0.1) is 0 Å². The van der Waals surface area contributed by atoms with Gasteiger partial charge in [0.1, 0.15) is 5.75 Å². The number of hydrogen-bond acceptors (Lipinski definition) is 6. The predicted molar refractivity (Wildman–Crippen MR) is 101 cm³/mol. The Bertz CT molecular complexity index is 1130. The van der Waals surface area contributed by atoms with Gasteiger partial charge in [-0.3, -0.25) is 4.79 Å². The lowest BCUT2D eigenvalue weighted by atomic mass is 10.2. The average Bonchev–Trinajstić information content (AvgIpc) is 3.18. The Morgan fingerprint density at radius 1 is 0.893 bits per heavy atom. The lowest BCUT2D eigenvalue weighted by molar-refractivity contribution is 0.100. The van der Waals surface area contributed by atoms with E-state index in [4.69, 9.17) is 9.47 Å². The number of ether oxygens (including phenoxy) is 2. The van der Waals surface area contributed by atoms with Gasteiger partial charge in [-0.25, -0.2) is 8.42 Å². The number of phenolic OH excluding ortho intramolecular Hbond substituents is 1. The van der Waals surface area contributed by atoms with E-state index in [0.717, 1.165) is 0 Å². The highest BCUT2D eigenvalue weighted by Crippen LogP contribution is 2.34. The van der Waals surface area contributed by atoms with Crippen LogP contribution in [0.1, 0.15) is 10.4 Å². The second kappa shape index (κ2) is 6.90. The number of rotatable bonds is 4. The Balaban J connectivity index is 1.83. The molecule has 142 valence electrons. The van der Waals surface area contributed by atoms with Gasteiger partial charge in [0, 0.05) is 5.56 Å². The van der Waals surface area contributed by atoms with Gasteiger partial charge in [-0.05, 0) is 54.6 Å². The van der Waals surface area contributed by atoms with Crippen LogP contribution in [0.15, 0.2) is 77.7 Å². The molecular weight excluding hydrogens is 382 g/mol. The van der Waals surface area contributed by atoms with Gasteiger partial charge in [0.25, 0.3) is 15.9 Å². The summed E-state index contributed by atoms with van der Waals surface area (Å²) in [4.78, 5) is 13.2. The van der Waals surface area contributed by atoms with E-state index in [-0.39, 0.29) is 28.7 Å². The summed E-state index contributed by atoms with van der Waals surface area (Å²) in [7, 11) is -4.20. The van der Waals surface area contributed by atoms with E-state index in [0.29, 0.717) is 15.8 Å². The topological polar surface area (TPSA) is 93.1 Å². The molecule has 28 heavy (non-hydrogen) atoms. The summed E-state index contributed by atoms with van der Waals surface area (Å²) in [6.07, 6.45) is 0. The molecule has 0 atom stereocenters. The lowest BCUT2D eigenvalue weighted by Gasteiger charge is -2.23. The highest BCUT2D eigenvalue weighted by Gasteiger charge is 2.32. The van der Waals surface area contributed by atoms with E-state index in [9.17, 15) is 18.3 Å². The van der Waals surface area contributed by atoms with Crippen molar-refractivity contribution in [3.05, 3.63) is 78.4 Å². The Morgan fingerprint density at radius 2 is 1.57 bits per heavy atom. The van der Waals surface area contributed by atoms with E-state index >= 15 is 0 Å². The van der Waals surface area contributed by atoms with Crippen LogP contribution in [0.5, 0.6) is 17.2 Å². The van der Waals surface area contributed by atoms with Crippen LogP contribution < -0.4 is 13.8 Å². The zero-order valence-electron chi connectivity index (χ0n) is 14.5. The number of nitrogens with zero attached hydrogens (tertiary/aromatic N) is 1. The number of phenols is 1. The normalized spacial score (nSPS) is 12.6. The molecule has 1 aliphatic rings. The number of anilines is 1. The molecule has 1 heterocycles. The largest absolute Gasteiger partial charge is 0.508 e. The van der Waals surface area contributed by atoms with Crippen molar-refractivity contribution in [3.63, 3.8) is 0 Å². The Labute approximate surface area is 161 Å². The van der Waals surface area contributed by atoms with Gasteiger partial charge in [-0.2, -0.15) is 4.31 Å². The molecule has 0 radical (unpaired) electrons. The number of fused-ring (bicyclic) bond motifs is 1. The van der Waals surface area contributed by atoms with Gasteiger partial charge in [0.2, 0.25) is 6.79 Å². The minimum absolute atomic E-state index is 0.0304. The van der Waals surface area contributed by atoms with E-state index < -0.39 is 15.9 Å². The third-order valence-electron chi connectivity index (χ3n) is 4.17. The molecule has 7 nitrogen and oxygen atoms in total. The van der Waals surface area contributed by atoms with Crippen LogP contribution in [0.25, 0.3) is 0 Å². The fourth-order valence-electron chi connectivity index (χ4n) is 2.80. The summed E-state index contributed by atoms with van der Waals surface area (Å²) < 4.78 is 37.7. The number of hydrogen-bond donors (Lipinski definition) is 1. The van der Waals surface area contributed by atoms with Gasteiger partial charge >= 0.3 is 0 Å². The molecule has 1 amide bonds. The maximum Gasteiger partial charge on any atom is 0.272 e. The smallest absolute Gasteiger partial charge is 0.272 e. The molecule has 4 rings (SSSR count). The van der Waals surface area contributed by atoms with E-state index in [1.165, 1.54) is 48.5 Å². The maximum absolute atomic E-state index is 13.3. The van der Waals surface area contributed by atoms with Gasteiger partial charge in [-0.1, -0.05) is 18.2 Å². The van der Waals surface area contributed by atoms with Gasteiger partial charge < -0.3 is 14.6 Å². The van der Waals surface area contributed by atoms with Gasteiger partial charge in [0.15, 0.2) is 11.5 Å². The molecule has 0 unspecified atom stereocenters. The number of benzene rings is 3. The minimum atomic E-state index is -4.20. The molecule has 8 heteroatoms. The summed E-state index contributed by atoms with van der Waals surface area (Å²) in [5.41, 5.74) is 0.223. The number of carbonyl (C=O) groups excluding carboxylic acids is 1. The van der Waals surface area contributed by atoms with Crippen molar-refractivity contribution in [1.29, 1.82) is 0 Å². The zero-order chi connectivity index (χ0) is 19.7. The highest BCUT2D eigenvalue weighted by atomic mass is 32.2. The molecule has 3 aromatic rings. The monoisotopic (exact) mass is 397 g/mol. The summed E-state index contributed by atoms with van der Waals surface area (Å²) >= 11 is 0. The quantitative estimate of drug-likeness (QED) is 0.727. The lowest BCUT2D eigenvalue weighted by Crippen LogP contribution is -2.37. The summed E-state index contributed by atoms with van der Waals surface area (Å²) in [5, 5.41) is 9.54. The molecular formula is C20H15NO6S. The van der Waals surface area contributed by atoms with Crippen LogP contribution in [0.2, 0.25) is 0 Å². The molecule has 1 N–H and O–H groups in total. The minimum Gasteiger partial charge on any atom is -0.508 e. The molecule has 0 bridgehead atoms. The molecule has 0 saturated heterocycles. The van der Waals surface area contributed by atoms with Crippen LogP contribution in [-0.2, 0) is 10.0 Å². The molecule has 0 spiro atoms. The van der Waals surface area contributed by atoms with Crippen molar-refractivity contribution in [2.45, 2.75) is 4.90 Å². The molecule has 1 aliphatic heterocycles. The number of aromatic hydroxyl groups is 1. The van der Waals surface area contributed by atoms with E-state index in [1.807, 2.05) is 0 Å². The summed E-state index contributed by atoms with van der Waals surface area (Å²) in [5.74, 6) is 0.0523. The standard InChI is InChI=1S/C20H15NO6S/c22-16-9-7-15(8-10-16)21(28(24,25)17-4-2-1-3-5-17)20(23)14-6-11-18-19(12-14)27-13-26-18/h1-12,22H,13H2. The van der Waals surface area contributed by atoms with Crippen LogP contribution in [-0.4, -0.2) is 26.2 Å². The molecule has 0 saturated carbocycles. The van der Waals surface area contributed by atoms with E-state index in [2.05, 4.69) is 0 Å². The van der Waals surface area contributed by atoms with Gasteiger partial charge in [-0.15, -0.1) is 0 Å². The van der Waals surface area contributed by atoms with Crippen LogP contribution >= 0.6 is 0 Å². The fourth-order valence-corrected chi connectivity index (χ4v) is 4.23. The fraction of sp³-hybridized carbons (Fsp3) is 0.0500. The second-order valence-corrected chi connectivity index (χ2v) is 7.76. The first kappa shape index (κ1) is 17.9. The third-order valence-corrected chi connectivity index (χ3v) is 5.89. The SMILES string of the molecule is O=C(c1ccc2c(c1)OCO2)N(c1ccc(O)cc1)S(=O)(=O)c1ccccc1. The Kier molecular flexibility index (Phi) is 4.40. The number of amides is 1. The van der Waals surface area contributed by atoms with Crippen LogP contribution in [0.4, 0.5) is 5.69 Å². The highest BCUT2D eigenvalue weighted by molar-refractivity contribution is 7.93. The average molecular weight is 397 g/mol. The second-order valence-electron chi connectivity index (χ2n) is 5.97. The maximum atomic E-state index is 13.3. The predicted octanol–water partition coefficient (Wildman–Crippen LogP) is 3.16. The molecule has 0 aromatic heterocycles. The summed E-state index contributed by atoms with van der Waals surface area (Å²) in [6.45, 7) is 0.0387. The van der Waals surface area contributed by atoms with Gasteiger partial charge in [0.05, 0.1) is 10.6 Å². The van der Waals surface area contributed by atoms with Crippen molar-refractivity contribution in [2.24, 2.45) is 0 Å². The third kappa shape index (κ3) is 3.14. The van der Waals surface area contributed by atoms with Crippen LogP contribution in [0.3, 0.4) is 0 Å². The summed E-state index contributed by atoms with van der Waals surface area (Å²) in [6, 6.07) is 17.5. The molecule has 3 aromatic carbocycles. The first-order valence-electron chi connectivity index (χ1n) is 8.30. The van der Waals surface area contributed by atoms with Crippen molar-refractivity contribution >= 4 is 21.6 Å². The first-order chi connectivity index (χ1) is 13.5. The molecule has 0 fully saturated rings. The zero-order valence-corrected chi connectivity index (χ0v) is 15.3. The van der Waals surface area contributed by atoms with Crippen molar-refractivity contribution in [2.75, 3.05) is 11.1 Å². The Morgan fingerprint density at radius 3 is 2.29 bits per heavy atom. The first-order valence-corrected chi connectivity index (χ1v) is 9.74. The van der Waals surface area contributed by atoms with Crippen molar-refractivity contribution < 1.29 is 27.8 Å². The molecule has 0 aliphatic carbocycles. The number of carbonyl (C=O) groups is 1. The van der Waals surface area contributed by atoms with E-state index in [1.54, 1.807) is 24.3 Å². The Hall–Kier alpha value is -3.52. The van der Waals surface area contributed by atoms with Crippen molar-refractivity contribution in [3.8, 4) is 17.2 Å². The number of sulfonamides is 1. The van der Waals surface area contributed by atoms with Crippen molar-refractivity contribution in [1.82, 2.24) is 0 Å².